The fourth-order valence-corrected chi connectivity index (χ4v) is 17.7. The van der Waals surface area contributed by atoms with Gasteiger partial charge >= 0.3 is 42.5 Å². The first kappa shape index (κ1) is 101. The highest BCUT2D eigenvalue weighted by molar-refractivity contribution is 6.00. The molecule has 0 atom stereocenters. The van der Waals surface area contributed by atoms with Crippen molar-refractivity contribution in [2.45, 2.75) is 63.6 Å². The Balaban J connectivity index is 0.000000182. The maximum atomic E-state index is 15.2. The smallest absolute Gasteiger partial charge is 0.399 e. The van der Waals surface area contributed by atoms with E-state index >= 15 is 35.1 Å². The molecule has 144 heavy (non-hydrogen) atoms. The van der Waals surface area contributed by atoms with E-state index in [4.69, 9.17) is 59.1 Å². The molecule has 696 valence electrons. The second-order valence-corrected chi connectivity index (χ2v) is 30.2. The molecule has 44 heteroatoms. The highest BCUT2D eigenvalue weighted by Crippen LogP contribution is 2.49. The summed E-state index contributed by atoms with van der Waals surface area (Å²) in [5.41, 5.74) is -15.5. The fraction of sp³-hybridized carbons (Fsp3) is 0.100. The lowest BCUT2D eigenvalue weighted by molar-refractivity contribution is -0.277. The molecule has 0 fully saturated rings. The summed E-state index contributed by atoms with van der Waals surface area (Å²) >= 11 is 0. The van der Waals surface area contributed by atoms with Crippen LogP contribution in [0.25, 0.3) is 144 Å². The third kappa shape index (κ3) is 17.5. The Labute approximate surface area is 790 Å². The minimum atomic E-state index is -5.56. The van der Waals surface area contributed by atoms with Crippen LogP contribution in [0.2, 0.25) is 0 Å². The molecular formula is C100H26F24N18O2. The molecular weight excluding hydrogens is 1940 g/mol. The van der Waals surface area contributed by atoms with Crippen LogP contribution in [0.15, 0.2) is 153 Å². The molecule has 9 aromatic rings. The zero-order chi connectivity index (χ0) is 106. The number of nitrogens with zero attached hydrogens (tertiary/aromatic N) is 18. The van der Waals surface area contributed by atoms with Crippen molar-refractivity contribution in [1.29, 1.82) is 47.4 Å². The molecule has 15 rings (SSSR count). The van der Waals surface area contributed by atoms with Gasteiger partial charge in [0, 0.05) is 63.8 Å². The van der Waals surface area contributed by atoms with Crippen molar-refractivity contribution in [1.82, 2.24) is 0 Å². The van der Waals surface area contributed by atoms with Crippen molar-refractivity contribution in [3.8, 4) is 133 Å². The zero-order valence-corrected chi connectivity index (χ0v) is 70.3. The van der Waals surface area contributed by atoms with Gasteiger partial charge in [-0.15, -0.1) is 26.3 Å². The van der Waals surface area contributed by atoms with E-state index < -0.39 is 265 Å². The fourth-order valence-electron chi connectivity index (χ4n) is 17.7. The van der Waals surface area contributed by atoms with Crippen LogP contribution >= 0.6 is 0 Å². The summed E-state index contributed by atoms with van der Waals surface area (Å²) < 4.78 is 345. The lowest BCUT2D eigenvalue weighted by atomic mass is 9.86. The maximum absolute atomic E-state index is 15.2. The van der Waals surface area contributed by atoms with Crippen LogP contribution in [0.3, 0.4) is 0 Å². The Morgan fingerprint density at radius 3 is 0.625 bits per heavy atom. The van der Waals surface area contributed by atoms with Crippen LogP contribution in [0.1, 0.15) is 44.5 Å². The largest absolute Gasteiger partial charge is 0.573 e. The van der Waals surface area contributed by atoms with Crippen LogP contribution < -0.4 is 40.8 Å². The van der Waals surface area contributed by atoms with E-state index in [-0.39, 0.29) is 148 Å². The standard InChI is InChI=1S/C34H8F10N6O2.C34H8F10N6.C32H10F4N6/c1-48-29-19(32(49-2)50-3)9-18-25(13-4-21(35)30(22(36)5-13)51-33(39,40)41)27-17(8-16(20(27)12-47)15(10-45)11-46)26(28(18)29)14-6-23(37)31(24(38)7-14)52-34(42,43)44;1-48-31-19(32(49-2)50-3)9-18-25(13-4-21(35)29(22(36)5-13)33(39,40)41)27-17(8-16(20(27)12-47)15(10-45)11-46)26(28(18)31)14-6-23(37)30(24(38)7-14)34(42,43)44;1-40-31-25(32(41-2)42-3)11-24-27(15-4-18(33)8-19(34)5-15)29-23(10-22(26(29)14-39)17(12-37)13-38)28(30(24)31)16-6-20(35)9-21(36)7-16/h4-7H,8-9H2;4-7H,8-9H2;4-9H,10-11H2. The van der Waals surface area contributed by atoms with E-state index in [1.165, 1.54) is 12.1 Å². The second kappa shape index (κ2) is 38.2. The van der Waals surface area contributed by atoms with Crippen molar-refractivity contribution in [2.24, 2.45) is 0 Å². The van der Waals surface area contributed by atoms with Crippen molar-refractivity contribution < 1.29 is 115 Å². The Hall–Kier alpha value is -20.6. The normalized spacial score (nSPS) is 13.1. The van der Waals surface area contributed by atoms with Crippen LogP contribution in [-0.4, -0.2) is 12.7 Å². The van der Waals surface area contributed by atoms with Gasteiger partial charge < -0.3 is 9.47 Å². The molecule has 0 aromatic heterocycles. The number of benzene rings is 9. The average Bonchev–Trinajstić information content (AvgIpc) is 1.55. The van der Waals surface area contributed by atoms with Gasteiger partial charge in [0.2, 0.25) is 11.5 Å². The summed E-state index contributed by atoms with van der Waals surface area (Å²) in [6.07, 6.45) is -25.3. The molecule has 0 saturated heterocycles. The van der Waals surface area contributed by atoms with E-state index in [0.717, 1.165) is 24.3 Å². The number of fused-ring (bicyclic) bond motifs is 6. The maximum Gasteiger partial charge on any atom is 0.573 e. The van der Waals surface area contributed by atoms with Gasteiger partial charge in [0.1, 0.15) is 168 Å². The third-order valence-electron chi connectivity index (χ3n) is 22.7. The Morgan fingerprint density at radius 1 is 0.257 bits per heavy atom. The van der Waals surface area contributed by atoms with Gasteiger partial charge in [-0.1, -0.05) is 0 Å². The van der Waals surface area contributed by atoms with Gasteiger partial charge in [-0.2, -0.15) is 103 Å². The highest BCUT2D eigenvalue weighted by Gasteiger charge is 2.46. The summed E-state index contributed by atoms with van der Waals surface area (Å²) in [4.78, 5) is 29.0. The molecule has 0 radical (unpaired) electrons. The highest BCUT2D eigenvalue weighted by atomic mass is 19.4. The first-order chi connectivity index (χ1) is 68.1. The molecule has 0 amide bonds. The van der Waals surface area contributed by atoms with Crippen LogP contribution in [0.4, 0.5) is 105 Å². The summed E-state index contributed by atoms with van der Waals surface area (Å²) in [6.45, 7) is 68.5. The summed E-state index contributed by atoms with van der Waals surface area (Å²) in [5, 5.41) is 87.2. The molecule has 6 aliphatic carbocycles. The Morgan fingerprint density at radius 2 is 0.444 bits per heavy atom. The van der Waals surface area contributed by atoms with Gasteiger partial charge in [0.25, 0.3) is 0 Å². The predicted molar refractivity (Wildman–Crippen MR) is 447 cm³/mol. The number of ether oxygens (including phenoxy) is 2. The van der Waals surface area contributed by atoms with Gasteiger partial charge in [-0.05, 0) is 208 Å². The number of halogens is 24. The Bertz CT molecular complexity index is 8340. The van der Waals surface area contributed by atoms with E-state index in [1.54, 1.807) is 36.4 Å². The van der Waals surface area contributed by atoms with Crippen molar-refractivity contribution in [2.75, 3.05) is 0 Å². The molecule has 9 aromatic carbocycles. The number of allylic oxidation sites excluding steroid dienone is 6. The molecule has 0 bridgehead atoms. The SMILES string of the molecule is [C-]#[N+]C([N+]#[C-])=C1Cc2c(-c3cc(F)c(C(F)(F)F)c(F)c3)c3c(c(-c4cc(F)c(C(F)(F)F)c(F)c4)c2=C1[N+]#[C-])CC(=C(C#N)C#N)C=3C#N.[C-]#[N+]C([N+]#[C-])=C1Cc2c(-c3cc(F)c(OC(F)(F)F)c(F)c3)c3c(c(-c4cc(F)c(OC(F)(F)F)c(F)c4)c2=C1[N+]#[C-])CC(=C(C#N)C#N)C=3C#N.[C-]#[N+]C([N+]#[C-])=C1Cc2c(-c3cc(F)cc(F)c3)c3c(c(-c4cc(F)cc(F)c4)c2=C1[N+]#[C-])CC(=C(C#N)C#N)C=3C#N. The van der Waals surface area contributed by atoms with Crippen LogP contribution in [-0.2, 0) is 50.9 Å². The molecule has 0 N–H and O–H groups in total. The summed E-state index contributed by atoms with van der Waals surface area (Å²) in [6, 6.07) is 22.8. The van der Waals surface area contributed by atoms with Gasteiger partial charge in [-0.3, -0.25) is 0 Å². The van der Waals surface area contributed by atoms with Gasteiger partial charge in [-0.25, -0.2) is 67.2 Å². The topological polar surface area (TPSA) is 272 Å². The van der Waals surface area contributed by atoms with Crippen molar-refractivity contribution in [3.05, 3.63) is 401 Å². The molecule has 0 spiro atoms. The molecule has 20 nitrogen and oxygen atoms in total. The monoisotopic (exact) mass is 1970 g/mol. The van der Waals surface area contributed by atoms with Gasteiger partial charge in [0.15, 0.2) is 40.4 Å². The third-order valence-corrected chi connectivity index (χ3v) is 22.7. The summed E-state index contributed by atoms with van der Waals surface area (Å²) in [7, 11) is 0. The molecule has 0 aliphatic heterocycles. The average molecular weight is 1970 g/mol. The lowest BCUT2D eigenvalue weighted by Gasteiger charge is -2.19. The number of nitriles is 9. The van der Waals surface area contributed by atoms with Gasteiger partial charge in [0.05, 0.1) is 53.2 Å². The van der Waals surface area contributed by atoms with Crippen molar-refractivity contribution >= 4 is 33.8 Å². The quantitative estimate of drug-likeness (QED) is 0.0783. The predicted octanol–water partition coefficient (Wildman–Crippen LogP) is 21.2. The zero-order valence-electron chi connectivity index (χ0n) is 70.3. The first-order valence-electron chi connectivity index (χ1n) is 39.0. The minimum absolute atomic E-state index is 0.000515. The molecule has 0 heterocycles. The van der Waals surface area contributed by atoms with E-state index in [1.807, 2.05) is 6.07 Å². The number of alkyl halides is 12. The lowest BCUT2D eigenvalue weighted by Crippen LogP contribution is -2.25. The number of hydrogen-bond donors (Lipinski definition) is 0. The van der Waals surface area contributed by atoms with Crippen molar-refractivity contribution in [3.63, 3.8) is 0 Å². The first-order valence-corrected chi connectivity index (χ1v) is 39.0. The minimum Gasteiger partial charge on any atom is -0.399 e. The molecule has 0 saturated carbocycles. The van der Waals surface area contributed by atoms with E-state index in [0.29, 0.717) is 36.4 Å². The second-order valence-electron chi connectivity index (χ2n) is 30.2. The van der Waals surface area contributed by atoms with E-state index in [9.17, 15) is 118 Å². The van der Waals surface area contributed by atoms with Crippen LogP contribution in [0, 0.1) is 231 Å². The number of rotatable bonds is 8. The molecule has 6 aliphatic rings. The number of hydrogen-bond acceptors (Lipinski definition) is 11. The Kier molecular flexibility index (Phi) is 26.7. The van der Waals surface area contributed by atoms with E-state index in [2.05, 4.69) is 53.1 Å². The van der Waals surface area contributed by atoms with Crippen LogP contribution in [0.5, 0.6) is 11.5 Å². The molecule has 0 unspecified atom stereocenters. The summed E-state index contributed by atoms with van der Waals surface area (Å²) in [5.74, 6) is -25.7.